The number of nitro groups is 1. The lowest BCUT2D eigenvalue weighted by molar-refractivity contribution is -0.385. The number of carboxylic acids is 1. The lowest BCUT2D eigenvalue weighted by Crippen LogP contribution is -2.25. The summed E-state index contributed by atoms with van der Waals surface area (Å²) in [5.41, 5.74) is -0.779. The fourth-order valence-electron chi connectivity index (χ4n) is 1.05. The van der Waals surface area contributed by atoms with Gasteiger partial charge in [-0.05, 0) is 13.0 Å². The average Bonchev–Trinajstić information content (AvgIpc) is 2.28. The first-order chi connectivity index (χ1) is 7.95. The molecule has 0 bridgehead atoms. The van der Waals surface area contributed by atoms with E-state index >= 15 is 0 Å². The van der Waals surface area contributed by atoms with Crippen LogP contribution < -0.4 is 5.32 Å². The van der Waals surface area contributed by atoms with Crippen molar-refractivity contribution in [2.45, 2.75) is 13.0 Å². The third-order valence-corrected chi connectivity index (χ3v) is 1.91. The first-order valence-electron chi connectivity index (χ1n) is 4.50. The number of carbonyl (C=O) groups is 1. The van der Waals surface area contributed by atoms with E-state index in [-0.39, 0.29) is 11.5 Å². The van der Waals surface area contributed by atoms with Crippen molar-refractivity contribution < 1.29 is 14.8 Å². The van der Waals surface area contributed by atoms with Gasteiger partial charge in [0.2, 0.25) is 5.69 Å². The Balaban J connectivity index is 3.03. The Hall–Kier alpha value is -2.69. The molecular formula is C9H8N4O4. The third-order valence-electron chi connectivity index (χ3n) is 1.91. The van der Waals surface area contributed by atoms with Gasteiger partial charge in [-0.3, -0.25) is 14.9 Å². The molecule has 0 radical (unpaired) electrons. The molecule has 0 aliphatic rings. The van der Waals surface area contributed by atoms with Gasteiger partial charge in [0, 0.05) is 6.07 Å². The summed E-state index contributed by atoms with van der Waals surface area (Å²) in [6, 6.07) is 3.02. The molecule has 0 spiro atoms. The fourth-order valence-corrected chi connectivity index (χ4v) is 1.05. The summed E-state index contributed by atoms with van der Waals surface area (Å²) in [6.45, 7) is 1.39. The molecule has 0 aliphatic carbocycles. The van der Waals surface area contributed by atoms with Crippen molar-refractivity contribution in [2.75, 3.05) is 5.32 Å². The maximum Gasteiger partial charge on any atom is 0.325 e. The van der Waals surface area contributed by atoms with Crippen molar-refractivity contribution in [1.82, 2.24) is 4.98 Å². The Morgan fingerprint density at radius 3 is 2.82 bits per heavy atom. The van der Waals surface area contributed by atoms with Crippen LogP contribution in [-0.2, 0) is 4.79 Å². The molecule has 8 heteroatoms. The molecule has 1 heterocycles. The Morgan fingerprint density at radius 1 is 1.71 bits per heavy atom. The quantitative estimate of drug-likeness (QED) is 0.582. The minimum absolute atomic E-state index is 0.0991. The summed E-state index contributed by atoms with van der Waals surface area (Å²) >= 11 is 0. The maximum absolute atomic E-state index is 10.6. The second kappa shape index (κ2) is 4.89. The van der Waals surface area contributed by atoms with Crippen LogP contribution >= 0.6 is 0 Å². The molecule has 0 fully saturated rings. The van der Waals surface area contributed by atoms with Gasteiger partial charge in [-0.1, -0.05) is 0 Å². The molecule has 0 amide bonds. The van der Waals surface area contributed by atoms with E-state index in [4.69, 9.17) is 10.4 Å². The average molecular weight is 236 g/mol. The Morgan fingerprint density at radius 2 is 2.35 bits per heavy atom. The number of nitrogens with zero attached hydrogens (tertiary/aromatic N) is 3. The lowest BCUT2D eigenvalue weighted by Gasteiger charge is -2.09. The molecule has 1 rings (SSSR count). The molecule has 1 unspecified atom stereocenters. The van der Waals surface area contributed by atoms with Gasteiger partial charge in [-0.2, -0.15) is 5.26 Å². The van der Waals surface area contributed by atoms with Crippen molar-refractivity contribution in [2.24, 2.45) is 0 Å². The molecular weight excluding hydrogens is 228 g/mol. The molecule has 1 atom stereocenters. The van der Waals surface area contributed by atoms with E-state index in [1.807, 2.05) is 0 Å². The van der Waals surface area contributed by atoms with Crippen LogP contribution in [0.15, 0.2) is 12.1 Å². The zero-order valence-electron chi connectivity index (χ0n) is 8.75. The van der Waals surface area contributed by atoms with Crippen molar-refractivity contribution >= 4 is 17.5 Å². The van der Waals surface area contributed by atoms with E-state index in [0.29, 0.717) is 0 Å². The van der Waals surface area contributed by atoms with Gasteiger partial charge >= 0.3 is 11.7 Å². The van der Waals surface area contributed by atoms with Crippen molar-refractivity contribution in [3.8, 4) is 6.07 Å². The predicted molar refractivity (Wildman–Crippen MR) is 56.3 cm³/mol. The van der Waals surface area contributed by atoms with Gasteiger partial charge in [0.15, 0.2) is 0 Å². The number of rotatable bonds is 4. The Bertz CT molecular complexity index is 508. The molecule has 1 aromatic rings. The number of carboxylic acid groups (broad SMARTS) is 1. The first kappa shape index (κ1) is 12.4. The second-order valence-corrected chi connectivity index (χ2v) is 3.14. The second-order valence-electron chi connectivity index (χ2n) is 3.14. The smallest absolute Gasteiger partial charge is 0.325 e. The highest BCUT2D eigenvalue weighted by Crippen LogP contribution is 2.18. The number of hydrogen-bond acceptors (Lipinski definition) is 6. The highest BCUT2D eigenvalue weighted by atomic mass is 16.6. The van der Waals surface area contributed by atoms with Crippen LogP contribution in [0.4, 0.5) is 11.5 Å². The van der Waals surface area contributed by atoms with E-state index in [1.54, 1.807) is 6.07 Å². The summed E-state index contributed by atoms with van der Waals surface area (Å²) in [5, 5.41) is 30.3. The van der Waals surface area contributed by atoms with Crippen LogP contribution in [0.25, 0.3) is 0 Å². The topological polar surface area (TPSA) is 129 Å². The summed E-state index contributed by atoms with van der Waals surface area (Å²) in [4.78, 5) is 24.0. The van der Waals surface area contributed by atoms with E-state index in [2.05, 4.69) is 10.3 Å². The highest BCUT2D eigenvalue weighted by molar-refractivity contribution is 5.76. The van der Waals surface area contributed by atoms with Crippen molar-refractivity contribution in [1.29, 1.82) is 5.26 Å². The predicted octanol–water partition coefficient (Wildman–Crippen LogP) is 0.746. The van der Waals surface area contributed by atoms with Crippen LogP contribution in [0.3, 0.4) is 0 Å². The van der Waals surface area contributed by atoms with Crippen LogP contribution in [-0.4, -0.2) is 27.0 Å². The summed E-state index contributed by atoms with van der Waals surface area (Å²) in [6.07, 6.45) is 0. The van der Waals surface area contributed by atoms with Crippen LogP contribution in [0.1, 0.15) is 12.6 Å². The van der Waals surface area contributed by atoms with Gasteiger partial charge in [0.25, 0.3) is 0 Å². The van der Waals surface area contributed by atoms with Crippen LogP contribution in [0, 0.1) is 21.4 Å². The SMILES string of the molecule is CC(Nc1ccc([N+](=O)[O-])c(C#N)n1)C(=O)O. The number of hydrogen-bond donors (Lipinski definition) is 2. The molecule has 88 valence electrons. The number of pyridine rings is 1. The van der Waals surface area contributed by atoms with Gasteiger partial charge in [-0.25, -0.2) is 4.98 Å². The van der Waals surface area contributed by atoms with E-state index in [0.717, 1.165) is 6.07 Å². The molecule has 0 aromatic carbocycles. The van der Waals surface area contributed by atoms with Crippen molar-refractivity contribution in [3.05, 3.63) is 27.9 Å². The minimum Gasteiger partial charge on any atom is -0.480 e. The molecule has 17 heavy (non-hydrogen) atoms. The van der Waals surface area contributed by atoms with Crippen LogP contribution in [0.5, 0.6) is 0 Å². The molecule has 0 saturated heterocycles. The largest absolute Gasteiger partial charge is 0.480 e. The summed E-state index contributed by atoms with van der Waals surface area (Å²) in [7, 11) is 0. The molecule has 0 aliphatic heterocycles. The first-order valence-corrected chi connectivity index (χ1v) is 4.50. The third kappa shape index (κ3) is 2.88. The van der Waals surface area contributed by atoms with Crippen LogP contribution in [0.2, 0.25) is 0 Å². The monoisotopic (exact) mass is 236 g/mol. The highest BCUT2D eigenvalue weighted by Gasteiger charge is 2.17. The summed E-state index contributed by atoms with van der Waals surface area (Å²) < 4.78 is 0. The minimum atomic E-state index is -1.09. The number of aromatic nitrogens is 1. The van der Waals surface area contributed by atoms with E-state index in [1.165, 1.54) is 13.0 Å². The zero-order chi connectivity index (χ0) is 13.0. The zero-order valence-corrected chi connectivity index (χ0v) is 8.75. The molecule has 1 aromatic heterocycles. The van der Waals surface area contributed by atoms with Gasteiger partial charge in [0.05, 0.1) is 4.92 Å². The van der Waals surface area contributed by atoms with Gasteiger partial charge in [-0.15, -0.1) is 0 Å². The Kier molecular flexibility index (Phi) is 3.56. The number of anilines is 1. The maximum atomic E-state index is 10.6. The fraction of sp³-hybridized carbons (Fsp3) is 0.222. The number of aliphatic carboxylic acids is 1. The van der Waals surface area contributed by atoms with Gasteiger partial charge < -0.3 is 10.4 Å². The van der Waals surface area contributed by atoms with E-state index < -0.39 is 22.6 Å². The normalized spacial score (nSPS) is 11.3. The number of nitriles is 1. The number of nitrogens with one attached hydrogen (secondary N) is 1. The van der Waals surface area contributed by atoms with Crippen molar-refractivity contribution in [3.63, 3.8) is 0 Å². The Labute approximate surface area is 95.7 Å². The standard InChI is InChI=1S/C9H8N4O4/c1-5(9(14)15)11-8-3-2-7(13(16)17)6(4-10)12-8/h2-3,5H,1H3,(H,11,12)(H,14,15). The lowest BCUT2D eigenvalue weighted by atomic mass is 10.3. The summed E-state index contributed by atoms with van der Waals surface area (Å²) in [5.74, 6) is -0.995. The molecule has 0 saturated carbocycles. The molecule has 8 nitrogen and oxygen atoms in total. The molecule has 2 N–H and O–H groups in total. The van der Waals surface area contributed by atoms with E-state index in [9.17, 15) is 14.9 Å². The van der Waals surface area contributed by atoms with Gasteiger partial charge in [0.1, 0.15) is 17.9 Å².